The van der Waals surface area contributed by atoms with Gasteiger partial charge in [0.2, 0.25) is 11.8 Å². The molecule has 0 radical (unpaired) electrons. The first-order chi connectivity index (χ1) is 17.6. The fourth-order valence-corrected chi connectivity index (χ4v) is 4.49. The first-order valence-corrected chi connectivity index (χ1v) is 11.6. The van der Waals surface area contributed by atoms with Gasteiger partial charge in [0.05, 0.1) is 17.7 Å². The number of amides is 2. The highest BCUT2D eigenvalue weighted by molar-refractivity contribution is 6.04. The molecule has 10 nitrogen and oxygen atoms in total. The Morgan fingerprint density at radius 1 is 1.24 bits per heavy atom. The maximum absolute atomic E-state index is 14.8. The van der Waals surface area contributed by atoms with Crippen molar-refractivity contribution in [2.24, 2.45) is 0 Å². The minimum atomic E-state index is -1.34. The normalized spacial score (nSPS) is 14.2. The number of nitrogens with two attached hydrogens (primary N) is 1. The fraction of sp³-hybridized carbons (Fsp3) is 0.280. The van der Waals surface area contributed by atoms with E-state index in [4.69, 9.17) is 15.3 Å². The van der Waals surface area contributed by atoms with Gasteiger partial charge in [-0.05, 0) is 49.9 Å². The van der Waals surface area contributed by atoms with E-state index in [2.05, 4.69) is 10.3 Å². The van der Waals surface area contributed by atoms with E-state index < -0.39 is 35.2 Å². The number of fused-ring (bicyclic) bond motifs is 3. The molecule has 5 N–H and O–H groups in total. The number of oxazole rings is 1. The predicted octanol–water partition coefficient (Wildman–Crippen LogP) is 3.59. The molecule has 2 aromatic heterocycles. The van der Waals surface area contributed by atoms with E-state index in [0.717, 1.165) is 25.0 Å². The van der Waals surface area contributed by atoms with Gasteiger partial charge in [-0.1, -0.05) is 6.07 Å². The van der Waals surface area contributed by atoms with Gasteiger partial charge >= 0.3 is 6.09 Å². The molecule has 2 amide bonds. The van der Waals surface area contributed by atoms with E-state index in [1.807, 2.05) is 5.32 Å². The molecule has 5 rings (SSSR count). The molecule has 0 saturated heterocycles. The van der Waals surface area contributed by atoms with Crippen molar-refractivity contribution in [2.75, 3.05) is 5.73 Å². The van der Waals surface area contributed by atoms with Crippen LogP contribution in [0, 0.1) is 18.6 Å². The Hall–Kier alpha value is -4.48. The number of hydrogen-bond donors (Lipinski definition) is 4. The highest BCUT2D eigenvalue weighted by Crippen LogP contribution is 2.41. The van der Waals surface area contributed by atoms with Crippen LogP contribution in [0.3, 0.4) is 0 Å². The van der Waals surface area contributed by atoms with E-state index in [1.54, 1.807) is 23.6 Å². The lowest BCUT2D eigenvalue weighted by Gasteiger charge is -2.16. The summed E-state index contributed by atoms with van der Waals surface area (Å²) < 4.78 is 36.4. The number of hydrogen-bond acceptors (Lipinski definition) is 6. The molecular formula is C25H23F2N5O5. The number of pyridine rings is 1. The maximum Gasteiger partial charge on any atom is 0.405 e. The monoisotopic (exact) mass is 511 g/mol. The van der Waals surface area contributed by atoms with E-state index in [-0.39, 0.29) is 40.8 Å². The molecular weight excluding hydrogens is 488 g/mol. The zero-order valence-electron chi connectivity index (χ0n) is 19.9. The number of carbonyl (C=O) groups excluding carboxylic acids is 1. The lowest BCUT2D eigenvalue weighted by Crippen LogP contribution is -2.44. The number of benzene rings is 2. The zero-order chi connectivity index (χ0) is 26.6. The van der Waals surface area contributed by atoms with Crippen LogP contribution >= 0.6 is 0 Å². The van der Waals surface area contributed by atoms with E-state index in [9.17, 15) is 23.2 Å². The molecule has 0 aliphatic heterocycles. The average molecular weight is 511 g/mol. The molecule has 4 aromatic rings. The van der Waals surface area contributed by atoms with Crippen molar-refractivity contribution in [3.63, 3.8) is 0 Å². The lowest BCUT2D eigenvalue weighted by molar-refractivity contribution is -0.122. The highest BCUT2D eigenvalue weighted by Gasteiger charge is 2.30. The Balaban J connectivity index is 1.62. The molecule has 1 aliphatic carbocycles. The summed E-state index contributed by atoms with van der Waals surface area (Å²) in [6, 6.07) is 4.18. The molecule has 12 heteroatoms. The number of carboxylic acid groups (broad SMARTS) is 1. The van der Waals surface area contributed by atoms with Crippen molar-refractivity contribution in [1.29, 1.82) is 0 Å². The second kappa shape index (κ2) is 8.87. The van der Waals surface area contributed by atoms with Crippen LogP contribution in [0.1, 0.15) is 37.3 Å². The third-order valence-corrected chi connectivity index (χ3v) is 6.45. The molecule has 2 heterocycles. The van der Waals surface area contributed by atoms with Gasteiger partial charge in [-0.3, -0.25) is 9.59 Å². The Morgan fingerprint density at radius 3 is 2.65 bits per heavy atom. The largest absolute Gasteiger partial charge is 0.465 e. The van der Waals surface area contributed by atoms with Crippen LogP contribution in [0.4, 0.5) is 19.3 Å². The fourth-order valence-electron chi connectivity index (χ4n) is 4.49. The Kier molecular flexibility index (Phi) is 5.81. The van der Waals surface area contributed by atoms with E-state index >= 15 is 0 Å². The second-order valence-electron chi connectivity index (χ2n) is 9.07. The molecule has 0 unspecified atom stereocenters. The van der Waals surface area contributed by atoms with Crippen molar-refractivity contribution < 1.29 is 27.9 Å². The minimum Gasteiger partial charge on any atom is -0.465 e. The standard InChI is InChI=1S/C25H23F2N5O5/c1-10-13(15-7-17(27)18(28)8-16(15)26)5-6-14-21(10)32(12-3-4-12)24(34)20-22(14)37-19(31-20)9-29-23(33)11(2)30-25(35)36/h5-8,11-12,30H,3-4,9,28H2,1-2H3,(H,29,33)(H,35,36)/t11-/m1/s1. The van der Waals surface area contributed by atoms with Crippen LogP contribution in [-0.4, -0.2) is 32.7 Å². The maximum atomic E-state index is 14.8. The summed E-state index contributed by atoms with van der Waals surface area (Å²) in [5.41, 5.74) is 6.61. The molecule has 192 valence electrons. The van der Waals surface area contributed by atoms with Gasteiger partial charge in [-0.2, -0.15) is 0 Å². The smallest absolute Gasteiger partial charge is 0.405 e. The van der Waals surface area contributed by atoms with Crippen LogP contribution in [0.15, 0.2) is 33.5 Å². The van der Waals surface area contributed by atoms with Crippen LogP contribution < -0.4 is 21.9 Å². The van der Waals surface area contributed by atoms with Gasteiger partial charge < -0.3 is 30.5 Å². The number of carbonyl (C=O) groups is 2. The van der Waals surface area contributed by atoms with E-state index in [1.165, 1.54) is 6.92 Å². The number of aromatic nitrogens is 2. The highest BCUT2D eigenvalue weighted by atomic mass is 19.1. The number of halogens is 2. The van der Waals surface area contributed by atoms with Crippen LogP contribution in [0.2, 0.25) is 0 Å². The molecule has 37 heavy (non-hydrogen) atoms. The summed E-state index contributed by atoms with van der Waals surface area (Å²) in [5, 5.41) is 13.9. The Bertz CT molecular complexity index is 1660. The number of nitrogen functional groups attached to an aromatic ring is 1. The summed E-state index contributed by atoms with van der Waals surface area (Å²) >= 11 is 0. The lowest BCUT2D eigenvalue weighted by atomic mass is 9.96. The van der Waals surface area contributed by atoms with Gasteiger partial charge in [0.1, 0.15) is 17.7 Å². The van der Waals surface area contributed by atoms with Crippen LogP contribution in [0.25, 0.3) is 33.1 Å². The number of rotatable bonds is 6. The summed E-state index contributed by atoms with van der Waals surface area (Å²) in [5.74, 6) is -1.97. The van der Waals surface area contributed by atoms with Crippen LogP contribution in [-0.2, 0) is 11.3 Å². The topological polar surface area (TPSA) is 152 Å². The Labute approximate surface area is 208 Å². The van der Waals surface area contributed by atoms with Gasteiger partial charge in [0, 0.05) is 23.1 Å². The van der Waals surface area contributed by atoms with Gasteiger partial charge in [-0.15, -0.1) is 0 Å². The molecule has 0 spiro atoms. The second-order valence-corrected chi connectivity index (χ2v) is 9.07. The zero-order valence-corrected chi connectivity index (χ0v) is 19.9. The minimum absolute atomic E-state index is 0.0195. The SMILES string of the molecule is Cc1c(-c2cc(F)c(N)cc2F)ccc2c3oc(CNC(=O)[C@@H](C)NC(=O)O)nc3c(=O)n(C3CC3)c12. The molecule has 1 aliphatic rings. The van der Waals surface area contributed by atoms with Crippen molar-refractivity contribution in [3.05, 3.63) is 57.7 Å². The van der Waals surface area contributed by atoms with Gasteiger partial charge in [0.25, 0.3) is 5.56 Å². The van der Waals surface area contributed by atoms with Crippen molar-refractivity contribution in [2.45, 2.75) is 45.3 Å². The number of anilines is 1. The summed E-state index contributed by atoms with van der Waals surface area (Å²) in [4.78, 5) is 40.7. The molecule has 1 saturated carbocycles. The van der Waals surface area contributed by atoms with Gasteiger partial charge in [-0.25, -0.2) is 18.6 Å². The number of aryl methyl sites for hydroxylation is 1. The Morgan fingerprint density at radius 2 is 1.97 bits per heavy atom. The third kappa shape index (κ3) is 4.24. The molecule has 2 aromatic carbocycles. The van der Waals surface area contributed by atoms with Crippen LogP contribution in [0.5, 0.6) is 0 Å². The first kappa shape index (κ1) is 24.2. The number of nitrogens with one attached hydrogen (secondary N) is 2. The quantitative estimate of drug-likeness (QED) is 0.289. The van der Waals surface area contributed by atoms with Crippen molar-refractivity contribution in [1.82, 2.24) is 20.2 Å². The summed E-state index contributed by atoms with van der Waals surface area (Å²) in [7, 11) is 0. The van der Waals surface area contributed by atoms with Crippen molar-refractivity contribution in [3.8, 4) is 11.1 Å². The van der Waals surface area contributed by atoms with E-state index in [0.29, 0.717) is 22.0 Å². The molecule has 0 bridgehead atoms. The third-order valence-electron chi connectivity index (χ3n) is 6.45. The number of nitrogens with zero attached hydrogens (tertiary/aromatic N) is 2. The first-order valence-electron chi connectivity index (χ1n) is 11.6. The molecule has 1 atom stereocenters. The van der Waals surface area contributed by atoms with Gasteiger partial charge in [0.15, 0.2) is 11.1 Å². The molecule has 1 fully saturated rings. The van der Waals surface area contributed by atoms with Crippen molar-refractivity contribution >= 4 is 39.7 Å². The predicted molar refractivity (Wildman–Crippen MR) is 131 cm³/mol. The summed E-state index contributed by atoms with van der Waals surface area (Å²) in [6.07, 6.45) is 0.224. The summed E-state index contributed by atoms with van der Waals surface area (Å²) in [6.45, 7) is 2.94. The average Bonchev–Trinajstić information content (AvgIpc) is 3.58.